The molecule has 0 amide bonds. The summed E-state index contributed by atoms with van der Waals surface area (Å²) in [6.07, 6.45) is 0.724. The summed E-state index contributed by atoms with van der Waals surface area (Å²) >= 11 is 0. The van der Waals surface area contributed by atoms with E-state index in [0.717, 1.165) is 11.3 Å². The van der Waals surface area contributed by atoms with Gasteiger partial charge in [-0.15, -0.1) is 0 Å². The molecule has 0 aromatic carbocycles. The van der Waals surface area contributed by atoms with Gasteiger partial charge in [-0.1, -0.05) is 0 Å². The number of carbonyl (C=O) groups is 2. The molecule has 1 aromatic heterocycles. The first kappa shape index (κ1) is 7.09. The smallest absolute Gasteiger partial charge is 0.352 e. The molecule has 0 spiro atoms. The van der Waals surface area contributed by atoms with Crippen molar-refractivity contribution in [3.05, 3.63) is 23.0 Å². The summed E-state index contributed by atoms with van der Waals surface area (Å²) < 4.78 is 0. The average Bonchev–Trinajstić information content (AvgIpc) is 2.42. The first-order valence-electron chi connectivity index (χ1n) is 3.62. The summed E-state index contributed by atoms with van der Waals surface area (Å²) in [6.45, 7) is 0. The Morgan fingerprint density at radius 3 is 2.83 bits per heavy atom. The Labute approximate surface area is 68.2 Å². The van der Waals surface area contributed by atoms with Crippen LogP contribution in [0.15, 0.2) is 6.07 Å². The minimum absolute atomic E-state index is 0.146. The van der Waals surface area contributed by atoms with Gasteiger partial charge in [0.1, 0.15) is 11.5 Å². The van der Waals surface area contributed by atoms with Gasteiger partial charge in [-0.2, -0.15) is 0 Å². The number of fused-ring (bicyclic) bond motifs is 1. The van der Waals surface area contributed by atoms with E-state index in [9.17, 15) is 9.59 Å². The number of carboxylic acids is 1. The van der Waals surface area contributed by atoms with Gasteiger partial charge < -0.3 is 10.1 Å². The summed E-state index contributed by atoms with van der Waals surface area (Å²) in [6, 6.07) is 1.53. The summed E-state index contributed by atoms with van der Waals surface area (Å²) in [5, 5.41) is 8.59. The van der Waals surface area contributed by atoms with E-state index in [2.05, 4.69) is 4.98 Å². The van der Waals surface area contributed by atoms with Crippen LogP contribution >= 0.6 is 0 Å². The Balaban J connectivity index is 2.40. The van der Waals surface area contributed by atoms with Crippen molar-refractivity contribution in [1.82, 2.24) is 4.98 Å². The number of aromatic nitrogens is 1. The number of nitrogens with one attached hydrogen (secondary N) is 1. The zero-order valence-corrected chi connectivity index (χ0v) is 6.26. The highest BCUT2D eigenvalue weighted by atomic mass is 16.4. The number of carboxylic acid groups (broad SMARTS) is 1. The fourth-order valence-electron chi connectivity index (χ4n) is 1.44. The molecule has 1 heterocycles. The van der Waals surface area contributed by atoms with Gasteiger partial charge >= 0.3 is 5.97 Å². The second kappa shape index (κ2) is 2.20. The van der Waals surface area contributed by atoms with Gasteiger partial charge in [0.25, 0.3) is 0 Å². The number of aromatic carboxylic acids is 1. The maximum absolute atomic E-state index is 10.9. The van der Waals surface area contributed by atoms with Crippen LogP contribution in [-0.4, -0.2) is 21.8 Å². The normalized spacial score (nSPS) is 14.8. The van der Waals surface area contributed by atoms with E-state index in [4.69, 9.17) is 5.11 Å². The molecule has 0 aliphatic heterocycles. The monoisotopic (exact) mass is 165 g/mol. The van der Waals surface area contributed by atoms with Crippen LogP contribution in [0.1, 0.15) is 21.7 Å². The first-order chi connectivity index (χ1) is 5.66. The lowest BCUT2D eigenvalue weighted by Crippen LogP contribution is -2.00. The molecule has 1 aromatic rings. The largest absolute Gasteiger partial charge is 0.477 e. The van der Waals surface area contributed by atoms with E-state index in [1.54, 1.807) is 0 Å². The van der Waals surface area contributed by atoms with Crippen LogP contribution in [0.4, 0.5) is 0 Å². The van der Waals surface area contributed by atoms with Crippen LogP contribution < -0.4 is 0 Å². The molecule has 0 unspecified atom stereocenters. The molecule has 0 saturated carbocycles. The van der Waals surface area contributed by atoms with Crippen molar-refractivity contribution in [3.63, 3.8) is 0 Å². The van der Waals surface area contributed by atoms with Crippen LogP contribution in [-0.2, 0) is 17.6 Å². The zero-order valence-electron chi connectivity index (χ0n) is 6.26. The zero-order chi connectivity index (χ0) is 8.72. The SMILES string of the molecule is O=C1Cc2cc(C(=O)O)[nH]c2C1. The second-order valence-electron chi connectivity index (χ2n) is 2.88. The summed E-state index contributed by atoms with van der Waals surface area (Å²) in [7, 11) is 0. The number of H-pyrrole nitrogens is 1. The van der Waals surface area contributed by atoms with Crippen LogP contribution in [0.2, 0.25) is 0 Å². The lowest BCUT2D eigenvalue weighted by molar-refractivity contribution is -0.117. The highest BCUT2D eigenvalue weighted by Crippen LogP contribution is 2.19. The van der Waals surface area contributed by atoms with E-state index < -0.39 is 5.97 Å². The molecule has 0 radical (unpaired) electrons. The van der Waals surface area contributed by atoms with Crippen molar-refractivity contribution in [2.24, 2.45) is 0 Å². The highest BCUT2D eigenvalue weighted by Gasteiger charge is 2.22. The number of aromatic amines is 1. The molecule has 0 atom stereocenters. The van der Waals surface area contributed by atoms with E-state index >= 15 is 0 Å². The topological polar surface area (TPSA) is 70.2 Å². The van der Waals surface area contributed by atoms with Crippen LogP contribution in [0.5, 0.6) is 0 Å². The van der Waals surface area contributed by atoms with Crippen LogP contribution in [0.3, 0.4) is 0 Å². The Bertz CT molecular complexity index is 339. The van der Waals surface area contributed by atoms with Gasteiger partial charge in [0, 0.05) is 18.5 Å². The minimum Gasteiger partial charge on any atom is -0.477 e. The van der Waals surface area contributed by atoms with Crippen molar-refractivity contribution in [3.8, 4) is 0 Å². The first-order valence-corrected chi connectivity index (χ1v) is 3.62. The fraction of sp³-hybridized carbons (Fsp3) is 0.250. The minimum atomic E-state index is -0.975. The number of Topliss-reactive ketones (excluding diaryl/α,β-unsaturated/α-hetero) is 1. The van der Waals surface area contributed by atoms with Gasteiger partial charge in [0.15, 0.2) is 0 Å². The third-order valence-corrected chi connectivity index (χ3v) is 1.98. The molecule has 1 aliphatic rings. The van der Waals surface area contributed by atoms with E-state index in [1.807, 2.05) is 0 Å². The summed E-state index contributed by atoms with van der Waals surface area (Å²) in [5.41, 5.74) is 1.77. The molecule has 62 valence electrons. The van der Waals surface area contributed by atoms with E-state index in [0.29, 0.717) is 12.8 Å². The van der Waals surface area contributed by atoms with Crippen LogP contribution in [0.25, 0.3) is 0 Å². The van der Waals surface area contributed by atoms with Crippen molar-refractivity contribution >= 4 is 11.8 Å². The maximum Gasteiger partial charge on any atom is 0.352 e. The highest BCUT2D eigenvalue weighted by molar-refractivity contribution is 5.91. The average molecular weight is 165 g/mol. The predicted octanol–water partition coefficient (Wildman–Crippen LogP) is 0.381. The molecule has 0 bridgehead atoms. The molecule has 0 fully saturated rings. The molecule has 0 saturated heterocycles. The lowest BCUT2D eigenvalue weighted by atomic mass is 10.2. The quantitative estimate of drug-likeness (QED) is 0.632. The van der Waals surface area contributed by atoms with Crippen LogP contribution in [0, 0.1) is 0 Å². The van der Waals surface area contributed by atoms with Gasteiger partial charge in [-0.25, -0.2) is 4.79 Å². The second-order valence-corrected chi connectivity index (χ2v) is 2.88. The fourth-order valence-corrected chi connectivity index (χ4v) is 1.44. The lowest BCUT2D eigenvalue weighted by Gasteiger charge is -1.87. The van der Waals surface area contributed by atoms with Crippen molar-refractivity contribution < 1.29 is 14.7 Å². The Hall–Kier alpha value is -1.58. The van der Waals surface area contributed by atoms with Crippen molar-refractivity contribution in [2.75, 3.05) is 0 Å². The molecular formula is C8H7NO3. The number of rotatable bonds is 1. The van der Waals surface area contributed by atoms with Gasteiger partial charge in [-0.05, 0) is 11.6 Å². The van der Waals surface area contributed by atoms with E-state index in [-0.39, 0.29) is 11.5 Å². The van der Waals surface area contributed by atoms with Gasteiger partial charge in [0.2, 0.25) is 0 Å². The molecule has 4 nitrogen and oxygen atoms in total. The Morgan fingerprint density at radius 2 is 2.25 bits per heavy atom. The molecule has 4 heteroatoms. The number of hydrogen-bond acceptors (Lipinski definition) is 2. The number of ketones is 1. The number of hydrogen-bond donors (Lipinski definition) is 2. The summed E-state index contributed by atoms with van der Waals surface area (Å²) in [5.74, 6) is -0.829. The summed E-state index contributed by atoms with van der Waals surface area (Å²) in [4.78, 5) is 24.0. The maximum atomic E-state index is 10.9. The third-order valence-electron chi connectivity index (χ3n) is 1.98. The number of carbonyl (C=O) groups excluding carboxylic acids is 1. The Morgan fingerprint density at radius 1 is 1.50 bits per heavy atom. The third kappa shape index (κ3) is 0.922. The van der Waals surface area contributed by atoms with Crippen molar-refractivity contribution in [2.45, 2.75) is 12.8 Å². The predicted molar refractivity (Wildman–Crippen MR) is 40.2 cm³/mol. The molecule has 1 aliphatic carbocycles. The van der Waals surface area contributed by atoms with E-state index in [1.165, 1.54) is 6.07 Å². The molecule has 12 heavy (non-hydrogen) atoms. The Kier molecular flexibility index (Phi) is 1.30. The van der Waals surface area contributed by atoms with Gasteiger partial charge in [0.05, 0.1) is 0 Å². The molecular weight excluding hydrogens is 158 g/mol. The molecule has 2 N–H and O–H groups in total. The van der Waals surface area contributed by atoms with Gasteiger partial charge in [-0.3, -0.25) is 4.79 Å². The molecule has 2 rings (SSSR count). The standard InChI is InChI=1S/C8H7NO3/c10-5-1-4-2-7(8(11)12)9-6(4)3-5/h2,9H,1,3H2,(H,11,12). The van der Waals surface area contributed by atoms with Crippen molar-refractivity contribution in [1.29, 1.82) is 0 Å².